The Morgan fingerprint density at radius 3 is 2.35 bits per heavy atom. The summed E-state index contributed by atoms with van der Waals surface area (Å²) in [5, 5.41) is 7.88. The van der Waals surface area contributed by atoms with Gasteiger partial charge in [0.05, 0.1) is 5.54 Å². The Balaban J connectivity index is 2.23. The predicted octanol–water partition coefficient (Wildman–Crippen LogP) is 3.12. The number of primary amides is 1. The summed E-state index contributed by atoms with van der Waals surface area (Å²) in [6.07, 6.45) is 1.67. The standard InChI is InChI=1S/C19H22N6O/c1-19(2,3)25-18(23-14-6-4-5-11-22-14)15(17(21)26)16(24-25)12-7-9-13(20)10-8-12/h4-11H,20H2,1-3H3,(H2,21,26)(H,22,23). The summed E-state index contributed by atoms with van der Waals surface area (Å²) >= 11 is 0. The normalized spacial score (nSPS) is 11.3. The Morgan fingerprint density at radius 1 is 1.12 bits per heavy atom. The molecule has 26 heavy (non-hydrogen) atoms. The first kappa shape index (κ1) is 17.5. The number of hydrogen-bond acceptors (Lipinski definition) is 5. The molecule has 0 saturated heterocycles. The molecule has 0 unspecified atom stereocenters. The number of aromatic nitrogens is 3. The third kappa shape index (κ3) is 3.37. The molecule has 0 radical (unpaired) electrons. The number of pyridine rings is 1. The lowest BCUT2D eigenvalue weighted by Gasteiger charge is -2.23. The lowest BCUT2D eigenvalue weighted by Crippen LogP contribution is -2.25. The first-order valence-corrected chi connectivity index (χ1v) is 8.24. The summed E-state index contributed by atoms with van der Waals surface area (Å²) in [5.41, 5.74) is 13.3. The van der Waals surface area contributed by atoms with Gasteiger partial charge >= 0.3 is 0 Å². The summed E-state index contributed by atoms with van der Waals surface area (Å²) in [7, 11) is 0. The van der Waals surface area contributed by atoms with E-state index in [1.807, 2.05) is 51.1 Å². The van der Waals surface area contributed by atoms with Gasteiger partial charge in [-0.25, -0.2) is 9.67 Å². The number of carbonyl (C=O) groups is 1. The maximum atomic E-state index is 12.3. The van der Waals surface area contributed by atoms with Gasteiger partial charge in [-0.05, 0) is 45.0 Å². The van der Waals surface area contributed by atoms with Gasteiger partial charge < -0.3 is 16.8 Å². The lowest BCUT2D eigenvalue weighted by atomic mass is 10.1. The fraction of sp³-hybridized carbons (Fsp3) is 0.211. The molecule has 2 heterocycles. The molecule has 1 aromatic carbocycles. The molecule has 3 aromatic rings. The van der Waals surface area contributed by atoms with Crippen LogP contribution in [0.5, 0.6) is 0 Å². The number of nitrogens with one attached hydrogen (secondary N) is 1. The minimum Gasteiger partial charge on any atom is -0.399 e. The van der Waals surface area contributed by atoms with E-state index in [9.17, 15) is 4.79 Å². The SMILES string of the molecule is CC(C)(C)n1nc(-c2ccc(N)cc2)c(C(N)=O)c1Nc1ccccn1. The van der Waals surface area contributed by atoms with Gasteiger partial charge in [0.2, 0.25) is 0 Å². The van der Waals surface area contributed by atoms with Crippen molar-refractivity contribution in [3.05, 3.63) is 54.2 Å². The number of benzene rings is 1. The Morgan fingerprint density at radius 2 is 1.81 bits per heavy atom. The highest BCUT2D eigenvalue weighted by molar-refractivity contribution is 6.04. The van der Waals surface area contributed by atoms with Gasteiger partial charge in [0.25, 0.3) is 5.91 Å². The van der Waals surface area contributed by atoms with E-state index in [-0.39, 0.29) is 5.54 Å². The van der Waals surface area contributed by atoms with Crippen molar-refractivity contribution >= 4 is 23.2 Å². The molecule has 0 aliphatic carbocycles. The molecule has 0 aliphatic rings. The van der Waals surface area contributed by atoms with Crippen molar-refractivity contribution in [1.29, 1.82) is 0 Å². The first-order chi connectivity index (χ1) is 12.3. The molecule has 0 saturated carbocycles. The van der Waals surface area contributed by atoms with E-state index in [4.69, 9.17) is 11.5 Å². The van der Waals surface area contributed by atoms with Gasteiger partial charge in [0, 0.05) is 17.4 Å². The van der Waals surface area contributed by atoms with Crippen molar-refractivity contribution in [2.45, 2.75) is 26.3 Å². The molecule has 1 amide bonds. The topological polar surface area (TPSA) is 112 Å². The summed E-state index contributed by atoms with van der Waals surface area (Å²) in [6.45, 7) is 6.00. The van der Waals surface area contributed by atoms with Crippen LogP contribution in [0.1, 0.15) is 31.1 Å². The highest BCUT2D eigenvalue weighted by Crippen LogP contribution is 2.34. The van der Waals surface area contributed by atoms with Crippen molar-refractivity contribution in [3.63, 3.8) is 0 Å². The predicted molar refractivity (Wildman–Crippen MR) is 103 cm³/mol. The van der Waals surface area contributed by atoms with Gasteiger partial charge in [-0.15, -0.1) is 0 Å². The van der Waals surface area contributed by atoms with Gasteiger partial charge in [-0.2, -0.15) is 5.10 Å². The molecule has 3 rings (SSSR count). The quantitative estimate of drug-likeness (QED) is 0.626. The molecule has 7 nitrogen and oxygen atoms in total. The molecule has 0 aliphatic heterocycles. The number of hydrogen-bond donors (Lipinski definition) is 3. The van der Waals surface area contributed by atoms with E-state index in [1.54, 1.807) is 23.0 Å². The van der Waals surface area contributed by atoms with Crippen LogP contribution in [-0.2, 0) is 5.54 Å². The maximum Gasteiger partial charge on any atom is 0.254 e. The molecule has 2 aromatic heterocycles. The van der Waals surface area contributed by atoms with Crippen molar-refractivity contribution in [2.75, 3.05) is 11.1 Å². The molecule has 0 atom stereocenters. The molecule has 0 spiro atoms. The molecule has 5 N–H and O–H groups in total. The van der Waals surface area contributed by atoms with Gasteiger partial charge in [-0.3, -0.25) is 4.79 Å². The van der Waals surface area contributed by atoms with Crippen LogP contribution < -0.4 is 16.8 Å². The van der Waals surface area contributed by atoms with Gasteiger partial charge in [0.15, 0.2) is 0 Å². The molecule has 0 fully saturated rings. The highest BCUT2D eigenvalue weighted by atomic mass is 16.1. The highest BCUT2D eigenvalue weighted by Gasteiger charge is 2.28. The molecule has 0 bridgehead atoms. The maximum absolute atomic E-state index is 12.3. The zero-order valence-electron chi connectivity index (χ0n) is 15.0. The number of rotatable bonds is 4. The number of anilines is 3. The van der Waals surface area contributed by atoms with Crippen molar-refractivity contribution < 1.29 is 4.79 Å². The fourth-order valence-electron chi connectivity index (χ4n) is 2.65. The molecular weight excluding hydrogens is 328 g/mol. The zero-order valence-corrected chi connectivity index (χ0v) is 15.0. The van der Waals surface area contributed by atoms with E-state index >= 15 is 0 Å². The molecule has 7 heteroatoms. The summed E-state index contributed by atoms with van der Waals surface area (Å²) < 4.78 is 1.76. The number of nitrogens with zero attached hydrogens (tertiary/aromatic N) is 3. The van der Waals surface area contributed by atoms with Crippen molar-refractivity contribution in [1.82, 2.24) is 14.8 Å². The smallest absolute Gasteiger partial charge is 0.254 e. The number of carbonyl (C=O) groups excluding carboxylic acids is 1. The van der Waals surface area contributed by atoms with Crippen LogP contribution >= 0.6 is 0 Å². The third-order valence-corrected chi connectivity index (χ3v) is 3.86. The van der Waals surface area contributed by atoms with Gasteiger partial charge in [-0.1, -0.05) is 18.2 Å². The van der Waals surface area contributed by atoms with E-state index in [1.165, 1.54) is 0 Å². The molecular formula is C19H22N6O. The van der Waals surface area contributed by atoms with E-state index in [2.05, 4.69) is 15.4 Å². The number of amides is 1. The van der Waals surface area contributed by atoms with Gasteiger partial charge in [0.1, 0.15) is 22.9 Å². The Hall–Kier alpha value is -3.35. The number of nitrogens with two attached hydrogens (primary N) is 2. The van der Waals surface area contributed by atoms with Crippen LogP contribution in [0.4, 0.5) is 17.3 Å². The average Bonchev–Trinajstić information content (AvgIpc) is 2.96. The van der Waals surface area contributed by atoms with Crippen LogP contribution in [0.3, 0.4) is 0 Å². The average molecular weight is 350 g/mol. The molecule has 134 valence electrons. The van der Waals surface area contributed by atoms with Crippen LogP contribution in [0.15, 0.2) is 48.7 Å². The van der Waals surface area contributed by atoms with E-state index in [0.717, 1.165) is 5.56 Å². The van der Waals surface area contributed by atoms with Crippen LogP contribution in [0, 0.1) is 0 Å². The van der Waals surface area contributed by atoms with Crippen LogP contribution in [0.25, 0.3) is 11.3 Å². The Bertz CT molecular complexity index is 923. The Kier molecular flexibility index (Phi) is 4.38. The lowest BCUT2D eigenvalue weighted by molar-refractivity contribution is 0.100. The first-order valence-electron chi connectivity index (χ1n) is 8.24. The largest absolute Gasteiger partial charge is 0.399 e. The number of nitrogen functional groups attached to an aromatic ring is 1. The van der Waals surface area contributed by atoms with Crippen LogP contribution in [0.2, 0.25) is 0 Å². The third-order valence-electron chi connectivity index (χ3n) is 3.86. The second kappa shape index (κ2) is 6.51. The zero-order chi connectivity index (χ0) is 18.9. The second-order valence-electron chi connectivity index (χ2n) is 6.98. The van der Waals surface area contributed by atoms with Crippen molar-refractivity contribution in [3.8, 4) is 11.3 Å². The monoisotopic (exact) mass is 350 g/mol. The summed E-state index contributed by atoms with van der Waals surface area (Å²) in [5.74, 6) is 0.547. The van der Waals surface area contributed by atoms with Crippen molar-refractivity contribution in [2.24, 2.45) is 5.73 Å². The minimum atomic E-state index is -0.564. The van der Waals surface area contributed by atoms with E-state index < -0.39 is 5.91 Å². The van der Waals surface area contributed by atoms with E-state index in [0.29, 0.717) is 28.6 Å². The Labute approximate surface area is 152 Å². The summed E-state index contributed by atoms with van der Waals surface area (Å²) in [6, 6.07) is 12.7. The van der Waals surface area contributed by atoms with Crippen LogP contribution in [-0.4, -0.2) is 20.7 Å². The minimum absolute atomic E-state index is 0.315. The fourth-order valence-corrected chi connectivity index (χ4v) is 2.65. The summed E-state index contributed by atoms with van der Waals surface area (Å²) in [4.78, 5) is 16.6. The second-order valence-corrected chi connectivity index (χ2v) is 6.98.